The van der Waals surface area contributed by atoms with Gasteiger partial charge < -0.3 is 15.0 Å². The van der Waals surface area contributed by atoms with E-state index in [1.807, 2.05) is 31.2 Å². The van der Waals surface area contributed by atoms with E-state index in [1.54, 1.807) is 12.4 Å². The van der Waals surface area contributed by atoms with E-state index in [4.69, 9.17) is 4.74 Å². The average Bonchev–Trinajstić information content (AvgIpc) is 3.01. The van der Waals surface area contributed by atoms with Crippen LogP contribution in [0.3, 0.4) is 0 Å². The largest absolute Gasteiger partial charge is 0.493 e. The van der Waals surface area contributed by atoms with Crippen molar-refractivity contribution in [3.8, 4) is 5.75 Å². The molecule has 0 saturated heterocycles. The third-order valence-corrected chi connectivity index (χ3v) is 3.56. The molecule has 1 aliphatic rings. The number of nitrogens with one attached hydrogen (secondary N) is 2. The second kappa shape index (κ2) is 5.36. The van der Waals surface area contributed by atoms with Gasteiger partial charge in [0.25, 0.3) is 0 Å². The lowest BCUT2D eigenvalue weighted by Crippen LogP contribution is -2.34. The number of H-pyrrole nitrogens is 1. The molecule has 1 amide bonds. The fourth-order valence-corrected chi connectivity index (χ4v) is 2.51. The Morgan fingerprint density at radius 1 is 1.50 bits per heavy atom. The minimum Gasteiger partial charge on any atom is -0.493 e. The number of rotatable bonds is 3. The van der Waals surface area contributed by atoms with E-state index in [1.165, 1.54) is 0 Å². The van der Waals surface area contributed by atoms with Crippen LogP contribution in [0.2, 0.25) is 0 Å². The lowest BCUT2D eigenvalue weighted by Gasteiger charge is -2.26. The Kier molecular flexibility index (Phi) is 3.41. The monoisotopic (exact) mass is 271 g/mol. The number of ether oxygens (including phenoxy) is 1. The third-order valence-electron chi connectivity index (χ3n) is 3.56. The minimum absolute atomic E-state index is 0.0182. The number of nitrogens with zero attached hydrogens (tertiary/aromatic N) is 1. The van der Waals surface area contributed by atoms with Gasteiger partial charge in [-0.05, 0) is 19.4 Å². The molecule has 2 aromatic rings. The number of fused-ring (bicyclic) bond motifs is 1. The van der Waals surface area contributed by atoms with Crippen LogP contribution in [0.25, 0.3) is 0 Å². The Bertz CT molecular complexity index is 595. The van der Waals surface area contributed by atoms with Crippen LogP contribution in [0.4, 0.5) is 0 Å². The van der Waals surface area contributed by atoms with E-state index in [9.17, 15) is 4.79 Å². The molecule has 1 aromatic heterocycles. The van der Waals surface area contributed by atoms with Crippen LogP contribution < -0.4 is 10.1 Å². The number of amides is 1. The van der Waals surface area contributed by atoms with Crippen LogP contribution >= 0.6 is 0 Å². The summed E-state index contributed by atoms with van der Waals surface area (Å²) in [7, 11) is 0. The van der Waals surface area contributed by atoms with Crippen molar-refractivity contribution in [3.63, 3.8) is 0 Å². The van der Waals surface area contributed by atoms with E-state index in [0.29, 0.717) is 13.0 Å². The predicted octanol–water partition coefficient (Wildman–Crippen LogP) is 2.15. The number of carbonyl (C=O) groups is 1. The highest BCUT2D eigenvalue weighted by Gasteiger charge is 2.28. The number of carbonyl (C=O) groups excluding carboxylic acids is 1. The van der Waals surface area contributed by atoms with Crippen molar-refractivity contribution in [1.29, 1.82) is 0 Å². The van der Waals surface area contributed by atoms with Crippen molar-refractivity contribution < 1.29 is 9.53 Å². The van der Waals surface area contributed by atoms with Gasteiger partial charge in [0, 0.05) is 18.0 Å². The van der Waals surface area contributed by atoms with Crippen molar-refractivity contribution in [2.45, 2.75) is 25.3 Å². The highest BCUT2D eigenvalue weighted by Crippen LogP contribution is 2.33. The summed E-state index contributed by atoms with van der Waals surface area (Å²) in [5, 5.41) is 3.00. The minimum atomic E-state index is -0.155. The Labute approximate surface area is 117 Å². The topological polar surface area (TPSA) is 67.0 Å². The summed E-state index contributed by atoms with van der Waals surface area (Å²) in [6.07, 6.45) is 4.14. The van der Waals surface area contributed by atoms with Gasteiger partial charge in [-0.3, -0.25) is 4.79 Å². The van der Waals surface area contributed by atoms with Gasteiger partial charge in [-0.1, -0.05) is 18.2 Å². The number of benzene rings is 1. The van der Waals surface area contributed by atoms with Gasteiger partial charge in [0.15, 0.2) is 0 Å². The van der Waals surface area contributed by atoms with Gasteiger partial charge in [0.2, 0.25) is 5.91 Å². The molecule has 0 radical (unpaired) electrons. The number of hydrogen-bond acceptors (Lipinski definition) is 3. The summed E-state index contributed by atoms with van der Waals surface area (Å²) in [5.74, 6) is 1.44. The fourth-order valence-electron chi connectivity index (χ4n) is 2.51. The van der Waals surface area contributed by atoms with Crippen LogP contribution in [0.1, 0.15) is 36.7 Å². The van der Waals surface area contributed by atoms with Crippen molar-refractivity contribution in [2.24, 2.45) is 0 Å². The van der Waals surface area contributed by atoms with E-state index >= 15 is 0 Å². The zero-order chi connectivity index (χ0) is 13.9. The third kappa shape index (κ3) is 2.39. The van der Waals surface area contributed by atoms with Gasteiger partial charge in [0.1, 0.15) is 11.6 Å². The first-order chi connectivity index (χ1) is 9.75. The van der Waals surface area contributed by atoms with Gasteiger partial charge in [-0.2, -0.15) is 0 Å². The highest BCUT2D eigenvalue weighted by molar-refractivity contribution is 5.85. The lowest BCUT2D eigenvalue weighted by molar-refractivity contribution is -0.123. The van der Waals surface area contributed by atoms with Crippen LogP contribution in [-0.2, 0) is 4.79 Å². The maximum Gasteiger partial charge on any atom is 0.228 e. The first-order valence-electron chi connectivity index (χ1n) is 6.77. The van der Waals surface area contributed by atoms with Crippen molar-refractivity contribution in [1.82, 2.24) is 15.3 Å². The Balaban J connectivity index is 1.75. The van der Waals surface area contributed by atoms with E-state index in [0.717, 1.165) is 17.1 Å². The molecular weight excluding hydrogens is 254 g/mol. The van der Waals surface area contributed by atoms with Gasteiger partial charge >= 0.3 is 0 Å². The lowest BCUT2D eigenvalue weighted by atomic mass is 9.92. The highest BCUT2D eigenvalue weighted by atomic mass is 16.5. The second-order valence-corrected chi connectivity index (χ2v) is 4.93. The Morgan fingerprint density at radius 3 is 3.15 bits per heavy atom. The molecule has 5 heteroatoms. The number of imidazole rings is 1. The number of hydrogen-bond donors (Lipinski definition) is 2. The van der Waals surface area contributed by atoms with Gasteiger partial charge in [-0.15, -0.1) is 0 Å². The molecule has 20 heavy (non-hydrogen) atoms. The van der Waals surface area contributed by atoms with Crippen molar-refractivity contribution >= 4 is 5.91 Å². The quantitative estimate of drug-likeness (QED) is 0.899. The summed E-state index contributed by atoms with van der Waals surface area (Å²) in [6.45, 7) is 2.49. The van der Waals surface area contributed by atoms with E-state index in [2.05, 4.69) is 15.3 Å². The summed E-state index contributed by atoms with van der Waals surface area (Å²) < 4.78 is 5.58. The molecule has 3 rings (SSSR count). The standard InChI is InChI=1S/C15H17N3O2/c1-10(14-16-7-8-17-14)18-15(19)12-6-9-20-13-5-3-2-4-11(12)13/h2-5,7-8,10,12H,6,9H2,1H3,(H,16,17)(H,18,19). The predicted molar refractivity (Wildman–Crippen MR) is 74.4 cm³/mol. The molecule has 0 saturated carbocycles. The molecule has 2 unspecified atom stereocenters. The molecule has 2 N–H and O–H groups in total. The Morgan fingerprint density at radius 2 is 2.35 bits per heavy atom. The molecule has 0 spiro atoms. The SMILES string of the molecule is CC(NC(=O)C1CCOc2ccccc21)c1ncc[nH]1. The molecule has 5 nitrogen and oxygen atoms in total. The van der Waals surface area contributed by atoms with Gasteiger partial charge in [-0.25, -0.2) is 4.98 Å². The van der Waals surface area contributed by atoms with Crippen LogP contribution in [0.15, 0.2) is 36.7 Å². The summed E-state index contributed by atoms with van der Waals surface area (Å²) >= 11 is 0. The maximum absolute atomic E-state index is 12.5. The zero-order valence-corrected chi connectivity index (χ0v) is 11.3. The maximum atomic E-state index is 12.5. The molecule has 0 fully saturated rings. The molecule has 2 atom stereocenters. The number of aromatic nitrogens is 2. The van der Waals surface area contributed by atoms with E-state index < -0.39 is 0 Å². The number of para-hydroxylation sites is 1. The molecule has 0 bridgehead atoms. The zero-order valence-electron chi connectivity index (χ0n) is 11.3. The molecule has 104 valence electrons. The summed E-state index contributed by atoms with van der Waals surface area (Å²) in [5.41, 5.74) is 0.961. The molecular formula is C15H17N3O2. The molecule has 1 aliphatic heterocycles. The summed E-state index contributed by atoms with van der Waals surface area (Å²) in [6, 6.07) is 7.59. The summed E-state index contributed by atoms with van der Waals surface area (Å²) in [4.78, 5) is 19.6. The second-order valence-electron chi connectivity index (χ2n) is 4.93. The van der Waals surface area contributed by atoms with Gasteiger partial charge in [0.05, 0.1) is 18.6 Å². The smallest absolute Gasteiger partial charge is 0.228 e. The van der Waals surface area contributed by atoms with E-state index in [-0.39, 0.29) is 17.9 Å². The number of aromatic amines is 1. The average molecular weight is 271 g/mol. The molecule has 0 aliphatic carbocycles. The normalized spacial score (nSPS) is 18.8. The molecule has 1 aromatic carbocycles. The fraction of sp³-hybridized carbons (Fsp3) is 0.333. The van der Waals surface area contributed by atoms with Crippen molar-refractivity contribution in [3.05, 3.63) is 48.0 Å². The van der Waals surface area contributed by atoms with Crippen molar-refractivity contribution in [2.75, 3.05) is 6.61 Å². The first-order valence-corrected chi connectivity index (χ1v) is 6.77. The first kappa shape index (κ1) is 12.7. The van der Waals surface area contributed by atoms with Crippen LogP contribution in [0.5, 0.6) is 5.75 Å². The van der Waals surface area contributed by atoms with Crippen LogP contribution in [-0.4, -0.2) is 22.5 Å². The van der Waals surface area contributed by atoms with Crippen LogP contribution in [0, 0.1) is 0 Å². The molecule has 2 heterocycles. The Hall–Kier alpha value is -2.30.